The van der Waals surface area contributed by atoms with Gasteiger partial charge in [0.25, 0.3) is 11.6 Å². The molecular formula is C17H15Cl3N4O3. The summed E-state index contributed by atoms with van der Waals surface area (Å²) in [5.41, 5.74) is 5.89. The maximum Gasteiger partial charge on any atom is 0.293 e. The van der Waals surface area contributed by atoms with Crippen molar-refractivity contribution in [1.82, 2.24) is 5.43 Å². The molecule has 0 aliphatic carbocycles. The summed E-state index contributed by atoms with van der Waals surface area (Å²) in [6.45, 7) is 1.53. The number of nitrogens with one attached hydrogen (secondary N) is 2. The first-order chi connectivity index (χ1) is 12.9. The minimum Gasteiger partial charge on any atom is -0.366 e. The fourth-order valence-electron chi connectivity index (χ4n) is 2.89. The first-order valence-corrected chi connectivity index (χ1v) is 9.24. The van der Waals surface area contributed by atoms with Crippen LogP contribution in [0.15, 0.2) is 30.3 Å². The average molecular weight is 430 g/mol. The van der Waals surface area contributed by atoms with Crippen molar-refractivity contribution in [2.24, 2.45) is 0 Å². The van der Waals surface area contributed by atoms with Crippen LogP contribution in [0.5, 0.6) is 0 Å². The molecule has 1 amide bonds. The lowest BCUT2D eigenvalue weighted by Crippen LogP contribution is -2.30. The van der Waals surface area contributed by atoms with E-state index in [-0.39, 0.29) is 27.0 Å². The van der Waals surface area contributed by atoms with Gasteiger partial charge in [-0.1, -0.05) is 34.8 Å². The maximum absolute atomic E-state index is 12.4. The second-order valence-corrected chi connectivity index (χ2v) is 7.23. The molecule has 142 valence electrons. The summed E-state index contributed by atoms with van der Waals surface area (Å²) in [4.78, 5) is 25.3. The Labute approximate surface area is 170 Å². The molecule has 1 aliphatic rings. The summed E-state index contributed by atoms with van der Waals surface area (Å²) in [5.74, 6) is -0.562. The summed E-state index contributed by atoms with van der Waals surface area (Å²) < 4.78 is 0. The molecular weight excluding hydrogens is 415 g/mol. The van der Waals surface area contributed by atoms with Gasteiger partial charge in [-0.15, -0.1) is 0 Å². The molecule has 10 heteroatoms. The van der Waals surface area contributed by atoms with Crippen LogP contribution in [0.1, 0.15) is 23.2 Å². The van der Waals surface area contributed by atoms with Crippen molar-refractivity contribution < 1.29 is 9.72 Å². The average Bonchev–Trinajstić information content (AvgIpc) is 3.14. The van der Waals surface area contributed by atoms with E-state index in [1.54, 1.807) is 12.1 Å². The Hall–Kier alpha value is -2.22. The van der Waals surface area contributed by atoms with Crippen molar-refractivity contribution in [3.05, 3.63) is 61.1 Å². The molecule has 1 saturated heterocycles. The molecule has 1 heterocycles. The number of amides is 1. The van der Waals surface area contributed by atoms with Crippen LogP contribution in [-0.4, -0.2) is 23.9 Å². The number of carbonyl (C=O) groups is 1. The Morgan fingerprint density at radius 1 is 1.07 bits per heavy atom. The van der Waals surface area contributed by atoms with Gasteiger partial charge in [0.05, 0.1) is 20.7 Å². The fourth-order valence-corrected chi connectivity index (χ4v) is 3.80. The predicted octanol–water partition coefficient (Wildman–Crippen LogP) is 4.91. The smallest absolute Gasteiger partial charge is 0.293 e. The normalized spacial score (nSPS) is 13.5. The number of carbonyl (C=O) groups excluding carboxylic acids is 1. The van der Waals surface area contributed by atoms with Crippen LogP contribution in [0.25, 0.3) is 0 Å². The summed E-state index contributed by atoms with van der Waals surface area (Å²) >= 11 is 17.9. The van der Waals surface area contributed by atoms with E-state index in [1.165, 1.54) is 18.2 Å². The Morgan fingerprint density at radius 2 is 1.70 bits per heavy atom. The Balaban J connectivity index is 1.79. The van der Waals surface area contributed by atoms with Crippen molar-refractivity contribution >= 4 is 57.8 Å². The van der Waals surface area contributed by atoms with Crippen LogP contribution >= 0.6 is 34.8 Å². The molecule has 7 nitrogen and oxygen atoms in total. The lowest BCUT2D eigenvalue weighted by atomic mass is 10.1. The molecule has 3 rings (SSSR count). The number of halogens is 3. The van der Waals surface area contributed by atoms with Gasteiger partial charge in [0.15, 0.2) is 0 Å². The van der Waals surface area contributed by atoms with E-state index in [9.17, 15) is 14.9 Å². The van der Waals surface area contributed by atoms with E-state index in [1.807, 2.05) is 4.90 Å². The Bertz CT molecular complexity index is 878. The minimum absolute atomic E-state index is 0.105. The van der Waals surface area contributed by atoms with E-state index in [0.717, 1.165) is 25.9 Å². The van der Waals surface area contributed by atoms with Gasteiger partial charge in [-0.3, -0.25) is 25.8 Å². The lowest BCUT2D eigenvalue weighted by molar-refractivity contribution is -0.384. The second kappa shape index (κ2) is 8.21. The predicted molar refractivity (Wildman–Crippen MR) is 107 cm³/mol. The van der Waals surface area contributed by atoms with Gasteiger partial charge in [-0.25, -0.2) is 0 Å². The lowest BCUT2D eigenvalue weighted by Gasteiger charge is -2.18. The zero-order chi connectivity index (χ0) is 19.6. The molecule has 1 aliphatic heterocycles. The highest BCUT2D eigenvalue weighted by Crippen LogP contribution is 2.34. The molecule has 2 aromatic carbocycles. The van der Waals surface area contributed by atoms with Crippen LogP contribution in [0.4, 0.5) is 17.1 Å². The van der Waals surface area contributed by atoms with Crippen LogP contribution < -0.4 is 15.8 Å². The highest BCUT2D eigenvalue weighted by molar-refractivity contribution is 6.41. The molecule has 0 unspecified atom stereocenters. The van der Waals surface area contributed by atoms with Gasteiger partial charge >= 0.3 is 0 Å². The van der Waals surface area contributed by atoms with E-state index < -0.39 is 10.8 Å². The van der Waals surface area contributed by atoms with Gasteiger partial charge in [-0.05, 0) is 37.1 Å². The minimum atomic E-state index is -0.562. The zero-order valence-corrected chi connectivity index (χ0v) is 16.2. The quantitative estimate of drug-likeness (QED) is 0.521. The van der Waals surface area contributed by atoms with Gasteiger partial charge in [-0.2, -0.15) is 0 Å². The van der Waals surface area contributed by atoms with Gasteiger partial charge in [0, 0.05) is 29.7 Å². The summed E-state index contributed by atoms with van der Waals surface area (Å²) in [6, 6.07) is 7.34. The third kappa shape index (κ3) is 4.37. The molecule has 0 aromatic heterocycles. The van der Waals surface area contributed by atoms with E-state index in [2.05, 4.69) is 10.9 Å². The molecule has 2 aromatic rings. The second-order valence-electron chi connectivity index (χ2n) is 5.98. The summed E-state index contributed by atoms with van der Waals surface area (Å²) in [5, 5.41) is 12.2. The molecule has 0 radical (unpaired) electrons. The monoisotopic (exact) mass is 428 g/mol. The van der Waals surface area contributed by atoms with Gasteiger partial charge < -0.3 is 4.90 Å². The highest BCUT2D eigenvalue weighted by Gasteiger charge is 2.24. The van der Waals surface area contributed by atoms with Crippen molar-refractivity contribution in [2.75, 3.05) is 23.4 Å². The number of anilines is 2. The SMILES string of the molecule is O=C(NNc1c(Cl)cc(Cl)cc1Cl)c1ccc(N2CCCC2)c([N+](=O)[O-])c1. The number of nitro benzene ring substituents is 1. The summed E-state index contributed by atoms with van der Waals surface area (Å²) in [7, 11) is 0. The number of hydrogen-bond acceptors (Lipinski definition) is 5. The highest BCUT2D eigenvalue weighted by atomic mass is 35.5. The topological polar surface area (TPSA) is 87.5 Å². The van der Waals surface area contributed by atoms with Crippen molar-refractivity contribution in [1.29, 1.82) is 0 Å². The Morgan fingerprint density at radius 3 is 2.30 bits per heavy atom. The largest absolute Gasteiger partial charge is 0.366 e. The Kier molecular flexibility index (Phi) is 5.94. The zero-order valence-electron chi connectivity index (χ0n) is 14.0. The molecule has 0 bridgehead atoms. The fraction of sp³-hybridized carbons (Fsp3) is 0.235. The molecule has 0 saturated carbocycles. The molecule has 27 heavy (non-hydrogen) atoms. The van der Waals surface area contributed by atoms with E-state index in [0.29, 0.717) is 10.7 Å². The molecule has 0 atom stereocenters. The number of benzene rings is 2. The standard InChI is InChI=1S/C17H15Cl3N4O3/c18-11-8-12(19)16(13(20)9-11)21-22-17(25)10-3-4-14(15(7-10)24(26)27)23-5-1-2-6-23/h3-4,7-9,21H,1-2,5-6H2,(H,22,25). The summed E-state index contributed by atoms with van der Waals surface area (Å²) in [6.07, 6.45) is 1.98. The molecule has 1 fully saturated rings. The van der Waals surface area contributed by atoms with Crippen molar-refractivity contribution in [2.45, 2.75) is 12.8 Å². The third-order valence-corrected chi connectivity index (χ3v) is 5.00. The number of hydrogen-bond donors (Lipinski definition) is 2. The van der Waals surface area contributed by atoms with E-state index >= 15 is 0 Å². The number of nitro groups is 1. The first kappa shape index (κ1) is 19.5. The van der Waals surface area contributed by atoms with Gasteiger partial charge in [0.2, 0.25) is 0 Å². The van der Waals surface area contributed by atoms with Crippen LogP contribution in [0.3, 0.4) is 0 Å². The van der Waals surface area contributed by atoms with E-state index in [4.69, 9.17) is 34.8 Å². The van der Waals surface area contributed by atoms with Crippen molar-refractivity contribution in [3.63, 3.8) is 0 Å². The molecule has 0 spiro atoms. The number of rotatable bonds is 5. The maximum atomic E-state index is 12.4. The van der Waals surface area contributed by atoms with Crippen LogP contribution in [0, 0.1) is 10.1 Å². The van der Waals surface area contributed by atoms with Gasteiger partial charge in [0.1, 0.15) is 5.69 Å². The van der Waals surface area contributed by atoms with Crippen LogP contribution in [-0.2, 0) is 0 Å². The van der Waals surface area contributed by atoms with Crippen LogP contribution in [0.2, 0.25) is 15.1 Å². The number of hydrazine groups is 1. The molecule has 2 N–H and O–H groups in total. The van der Waals surface area contributed by atoms with Crippen molar-refractivity contribution in [3.8, 4) is 0 Å². The first-order valence-electron chi connectivity index (χ1n) is 8.11. The third-order valence-electron chi connectivity index (χ3n) is 4.19. The number of nitrogens with zero attached hydrogens (tertiary/aromatic N) is 2.